The van der Waals surface area contributed by atoms with Crippen LogP contribution in [0.3, 0.4) is 0 Å². The van der Waals surface area contributed by atoms with E-state index in [1.807, 2.05) is 12.1 Å². The summed E-state index contributed by atoms with van der Waals surface area (Å²) in [5.41, 5.74) is 0.962. The lowest BCUT2D eigenvalue weighted by atomic mass is 9.95. The Morgan fingerprint density at radius 2 is 1.75 bits per heavy atom. The number of rotatable bonds is 7. The highest BCUT2D eigenvalue weighted by Gasteiger charge is 2.25. The van der Waals surface area contributed by atoms with Crippen LogP contribution in [0.15, 0.2) is 24.3 Å². The van der Waals surface area contributed by atoms with E-state index >= 15 is 0 Å². The summed E-state index contributed by atoms with van der Waals surface area (Å²) in [6.45, 7) is 1.39. The number of carbonyl (C=O) groups is 2. The zero-order valence-electron chi connectivity index (χ0n) is 11.9. The maximum Gasteiger partial charge on any atom is 0.316 e. The molecule has 0 N–H and O–H groups in total. The van der Waals surface area contributed by atoms with Crippen LogP contribution in [0.25, 0.3) is 0 Å². The van der Waals surface area contributed by atoms with Crippen LogP contribution < -0.4 is 0 Å². The van der Waals surface area contributed by atoms with E-state index in [1.54, 1.807) is 19.2 Å². The van der Waals surface area contributed by atoms with Gasteiger partial charge in [-0.05, 0) is 37.5 Å². The number of Topliss-reactive ketones (excluding diaryl/α,β-unsaturated/α-hetero) is 1. The minimum atomic E-state index is -0.732. The fraction of sp³-hybridized carbons (Fsp3) is 0.467. The molecule has 0 amide bonds. The molecule has 0 heterocycles. The Balaban J connectivity index is 2.71. The van der Waals surface area contributed by atoms with Crippen LogP contribution in [0.2, 0.25) is 5.02 Å². The van der Waals surface area contributed by atoms with Crippen molar-refractivity contribution in [2.45, 2.75) is 25.9 Å². The number of hydrogen-bond donors (Lipinski definition) is 0. The summed E-state index contributed by atoms with van der Waals surface area (Å²) in [6.07, 6.45) is 0.763. The Morgan fingerprint density at radius 1 is 1.15 bits per heavy atom. The van der Waals surface area contributed by atoms with Crippen molar-refractivity contribution in [3.63, 3.8) is 0 Å². The molecule has 2 unspecified atom stereocenters. The van der Waals surface area contributed by atoms with Crippen LogP contribution in [0, 0.1) is 5.92 Å². The highest BCUT2D eigenvalue weighted by atomic mass is 35.5. The van der Waals surface area contributed by atoms with Crippen molar-refractivity contribution < 1.29 is 19.1 Å². The van der Waals surface area contributed by atoms with Gasteiger partial charge in [0.2, 0.25) is 0 Å². The number of benzene rings is 1. The van der Waals surface area contributed by atoms with Gasteiger partial charge in [-0.15, -0.1) is 0 Å². The molecule has 0 spiro atoms. The molecule has 20 heavy (non-hydrogen) atoms. The number of ketones is 1. The van der Waals surface area contributed by atoms with E-state index in [4.69, 9.17) is 16.3 Å². The zero-order chi connectivity index (χ0) is 15.1. The molecule has 110 valence electrons. The molecule has 4 nitrogen and oxygen atoms in total. The summed E-state index contributed by atoms with van der Waals surface area (Å²) < 4.78 is 10.1. The smallest absolute Gasteiger partial charge is 0.316 e. The number of methoxy groups -OCH3 is 2. The first-order valence-electron chi connectivity index (χ1n) is 6.36. The average molecular weight is 299 g/mol. The van der Waals surface area contributed by atoms with E-state index in [0.29, 0.717) is 17.9 Å². The standard InChI is InChI=1S/C15H19ClO4/c1-10(17)13(15(18)20-3)8-9-14(19-2)11-4-6-12(16)7-5-11/h4-7,13-14H,8-9H2,1-3H3. The lowest BCUT2D eigenvalue weighted by molar-refractivity contribution is -0.149. The van der Waals surface area contributed by atoms with Gasteiger partial charge >= 0.3 is 5.97 Å². The van der Waals surface area contributed by atoms with Gasteiger partial charge in [-0.25, -0.2) is 0 Å². The lowest BCUT2D eigenvalue weighted by Gasteiger charge is -2.18. The van der Waals surface area contributed by atoms with Crippen LogP contribution >= 0.6 is 11.6 Å². The monoisotopic (exact) mass is 298 g/mol. The van der Waals surface area contributed by atoms with Crippen LogP contribution in [-0.2, 0) is 19.1 Å². The Bertz CT molecular complexity index is 455. The minimum Gasteiger partial charge on any atom is -0.468 e. The molecule has 0 aliphatic carbocycles. The van der Waals surface area contributed by atoms with Crippen LogP contribution in [0.5, 0.6) is 0 Å². The predicted octanol–water partition coefficient (Wildman–Crippen LogP) is 3.19. The van der Waals surface area contributed by atoms with Gasteiger partial charge in [0, 0.05) is 12.1 Å². The van der Waals surface area contributed by atoms with E-state index in [-0.39, 0.29) is 11.9 Å². The van der Waals surface area contributed by atoms with Crippen molar-refractivity contribution in [2.24, 2.45) is 5.92 Å². The number of halogens is 1. The molecule has 0 saturated carbocycles. The van der Waals surface area contributed by atoms with Crippen molar-refractivity contribution in [2.75, 3.05) is 14.2 Å². The van der Waals surface area contributed by atoms with Crippen molar-refractivity contribution in [3.8, 4) is 0 Å². The van der Waals surface area contributed by atoms with Crippen LogP contribution in [0.1, 0.15) is 31.4 Å². The van der Waals surface area contributed by atoms with E-state index < -0.39 is 11.9 Å². The Hall–Kier alpha value is -1.39. The molecule has 0 aromatic heterocycles. The first kappa shape index (κ1) is 16.7. The Labute approximate surface area is 124 Å². The quantitative estimate of drug-likeness (QED) is 0.573. The largest absolute Gasteiger partial charge is 0.468 e. The van der Waals surface area contributed by atoms with Gasteiger partial charge in [-0.2, -0.15) is 0 Å². The average Bonchev–Trinajstić information content (AvgIpc) is 2.44. The number of hydrogen-bond acceptors (Lipinski definition) is 4. The van der Waals surface area contributed by atoms with Crippen molar-refractivity contribution in [1.29, 1.82) is 0 Å². The molecule has 0 aliphatic heterocycles. The first-order chi connectivity index (χ1) is 9.49. The SMILES string of the molecule is COC(=O)C(CCC(OC)c1ccc(Cl)cc1)C(C)=O. The Kier molecular flexibility index (Phi) is 6.68. The highest BCUT2D eigenvalue weighted by molar-refractivity contribution is 6.30. The van der Waals surface area contributed by atoms with Crippen molar-refractivity contribution in [3.05, 3.63) is 34.9 Å². The third kappa shape index (κ3) is 4.62. The second-order valence-electron chi connectivity index (χ2n) is 4.54. The fourth-order valence-electron chi connectivity index (χ4n) is 2.05. The number of ether oxygens (including phenoxy) is 2. The molecule has 0 bridgehead atoms. The van der Waals surface area contributed by atoms with Gasteiger partial charge in [0.05, 0.1) is 13.2 Å². The molecule has 0 radical (unpaired) electrons. The van der Waals surface area contributed by atoms with Crippen molar-refractivity contribution in [1.82, 2.24) is 0 Å². The third-order valence-corrected chi connectivity index (χ3v) is 3.47. The summed E-state index contributed by atoms with van der Waals surface area (Å²) >= 11 is 5.84. The molecular formula is C15H19ClO4. The summed E-state index contributed by atoms with van der Waals surface area (Å²) in [5, 5.41) is 0.653. The summed E-state index contributed by atoms with van der Waals surface area (Å²) in [6, 6.07) is 7.31. The van der Waals surface area contributed by atoms with Gasteiger partial charge in [0.25, 0.3) is 0 Å². The van der Waals surface area contributed by atoms with E-state index in [1.165, 1.54) is 14.0 Å². The van der Waals surface area contributed by atoms with E-state index in [0.717, 1.165) is 5.56 Å². The fourth-order valence-corrected chi connectivity index (χ4v) is 2.17. The molecule has 0 fully saturated rings. The van der Waals surface area contributed by atoms with Gasteiger partial charge in [0.15, 0.2) is 0 Å². The van der Waals surface area contributed by atoms with Gasteiger partial charge < -0.3 is 9.47 Å². The van der Waals surface area contributed by atoms with Gasteiger partial charge in [0.1, 0.15) is 11.7 Å². The molecule has 0 saturated heterocycles. The predicted molar refractivity (Wildman–Crippen MR) is 76.6 cm³/mol. The topological polar surface area (TPSA) is 52.6 Å². The van der Waals surface area contributed by atoms with Crippen molar-refractivity contribution >= 4 is 23.4 Å². The van der Waals surface area contributed by atoms with Crippen LogP contribution in [0.4, 0.5) is 0 Å². The second kappa shape index (κ2) is 8.02. The number of carbonyl (C=O) groups excluding carboxylic acids is 2. The molecular weight excluding hydrogens is 280 g/mol. The maximum atomic E-state index is 11.5. The Morgan fingerprint density at radius 3 is 2.20 bits per heavy atom. The molecule has 1 rings (SSSR count). The summed E-state index contributed by atoms with van der Waals surface area (Å²) in [4.78, 5) is 23.0. The molecule has 2 atom stereocenters. The molecule has 0 aliphatic rings. The summed E-state index contributed by atoms with van der Waals surface area (Å²) in [5.74, 6) is -1.42. The first-order valence-corrected chi connectivity index (χ1v) is 6.74. The lowest BCUT2D eigenvalue weighted by Crippen LogP contribution is -2.24. The highest BCUT2D eigenvalue weighted by Crippen LogP contribution is 2.26. The van der Waals surface area contributed by atoms with Gasteiger partial charge in [-0.3, -0.25) is 9.59 Å². The molecule has 5 heteroatoms. The number of esters is 1. The molecule has 1 aromatic rings. The van der Waals surface area contributed by atoms with E-state index in [2.05, 4.69) is 4.74 Å². The van der Waals surface area contributed by atoms with Crippen LogP contribution in [-0.4, -0.2) is 26.0 Å². The summed E-state index contributed by atoms with van der Waals surface area (Å²) in [7, 11) is 2.88. The van der Waals surface area contributed by atoms with E-state index in [9.17, 15) is 9.59 Å². The zero-order valence-corrected chi connectivity index (χ0v) is 12.6. The normalized spacial score (nSPS) is 13.6. The third-order valence-electron chi connectivity index (χ3n) is 3.22. The second-order valence-corrected chi connectivity index (χ2v) is 4.98. The minimum absolute atomic E-state index is 0.182. The maximum absolute atomic E-state index is 11.5. The molecule has 1 aromatic carbocycles. The van der Waals surface area contributed by atoms with Gasteiger partial charge in [-0.1, -0.05) is 23.7 Å².